The molecular weight excluding hydrogens is 476 g/mol. The zero-order chi connectivity index (χ0) is 19.4. The quantitative estimate of drug-likeness (QED) is 0.356. The van der Waals surface area contributed by atoms with E-state index in [1.807, 2.05) is 42.5 Å². The Morgan fingerprint density at radius 2 is 1.78 bits per heavy atom. The third-order valence-corrected chi connectivity index (χ3v) is 5.00. The Balaban J connectivity index is 1.82. The van der Waals surface area contributed by atoms with Gasteiger partial charge in [0.25, 0.3) is 5.91 Å². The summed E-state index contributed by atoms with van der Waals surface area (Å²) >= 11 is 6.92. The van der Waals surface area contributed by atoms with Gasteiger partial charge < -0.3 is 10.1 Å². The van der Waals surface area contributed by atoms with E-state index in [0.29, 0.717) is 12.4 Å². The summed E-state index contributed by atoms with van der Waals surface area (Å²) < 4.78 is 7.04. The van der Waals surface area contributed by atoms with Crippen LogP contribution in [0.5, 0.6) is 5.75 Å². The van der Waals surface area contributed by atoms with Gasteiger partial charge in [-0.2, -0.15) is 0 Å². The predicted octanol–water partition coefficient (Wildman–Crippen LogP) is 4.87. The number of hydrogen-bond acceptors (Lipinski definition) is 3. The number of rotatable bonds is 6. The second-order valence-electron chi connectivity index (χ2n) is 5.78. The number of imide groups is 1. The standard InChI is InChI=1S/C20H16Br2N2O3/c1-2-8-27-18-15(21)9-14(10-16(18)22)11-17-19(25)24(20(26)23-17)12-13-6-4-3-5-7-13/h2-7,9-11H,1,8,12H2,(H,23,26)/b17-11-. The second-order valence-corrected chi connectivity index (χ2v) is 7.49. The number of carbonyl (C=O) groups excluding carboxylic acids is 2. The highest BCUT2D eigenvalue weighted by Gasteiger charge is 2.33. The van der Waals surface area contributed by atoms with Gasteiger partial charge in [0, 0.05) is 0 Å². The molecule has 0 aliphatic carbocycles. The molecule has 2 aromatic carbocycles. The fourth-order valence-corrected chi connectivity index (χ4v) is 4.04. The van der Waals surface area contributed by atoms with Crippen molar-refractivity contribution in [3.8, 4) is 5.75 Å². The average Bonchev–Trinajstić information content (AvgIpc) is 2.89. The zero-order valence-electron chi connectivity index (χ0n) is 14.2. The predicted molar refractivity (Wildman–Crippen MR) is 111 cm³/mol. The molecule has 1 aliphatic heterocycles. The van der Waals surface area contributed by atoms with Crippen LogP contribution in [0.15, 0.2) is 69.8 Å². The Morgan fingerprint density at radius 1 is 1.11 bits per heavy atom. The molecule has 3 amide bonds. The van der Waals surface area contributed by atoms with Crippen LogP contribution in [0.25, 0.3) is 6.08 Å². The van der Waals surface area contributed by atoms with Crippen molar-refractivity contribution in [3.63, 3.8) is 0 Å². The third kappa shape index (κ3) is 4.48. The Bertz CT molecular complexity index is 903. The van der Waals surface area contributed by atoms with Crippen molar-refractivity contribution in [3.05, 3.63) is 80.9 Å². The van der Waals surface area contributed by atoms with E-state index in [2.05, 4.69) is 43.8 Å². The van der Waals surface area contributed by atoms with Crippen molar-refractivity contribution < 1.29 is 14.3 Å². The molecule has 0 bridgehead atoms. The van der Waals surface area contributed by atoms with Gasteiger partial charge in [-0.25, -0.2) is 4.79 Å². The Hall–Kier alpha value is -2.38. The summed E-state index contributed by atoms with van der Waals surface area (Å²) in [5, 5.41) is 2.63. The minimum absolute atomic E-state index is 0.227. The molecule has 1 aliphatic rings. The molecule has 1 heterocycles. The summed E-state index contributed by atoms with van der Waals surface area (Å²) in [4.78, 5) is 26.0. The number of benzene rings is 2. The molecule has 1 N–H and O–H groups in total. The third-order valence-electron chi connectivity index (χ3n) is 3.82. The van der Waals surface area contributed by atoms with Gasteiger partial charge in [0.05, 0.1) is 15.5 Å². The van der Waals surface area contributed by atoms with Crippen molar-refractivity contribution >= 4 is 49.9 Å². The molecule has 7 heteroatoms. The first-order valence-electron chi connectivity index (χ1n) is 8.11. The van der Waals surface area contributed by atoms with E-state index in [0.717, 1.165) is 20.1 Å². The molecule has 27 heavy (non-hydrogen) atoms. The number of urea groups is 1. The van der Waals surface area contributed by atoms with Crippen LogP contribution in [-0.4, -0.2) is 23.4 Å². The molecule has 0 radical (unpaired) electrons. The summed E-state index contributed by atoms with van der Waals surface area (Å²) in [6, 6.07) is 12.6. The number of amides is 3. The summed E-state index contributed by atoms with van der Waals surface area (Å²) in [6.45, 7) is 4.23. The normalized spacial score (nSPS) is 15.2. The average molecular weight is 492 g/mol. The van der Waals surface area contributed by atoms with Crippen molar-refractivity contribution in [1.29, 1.82) is 0 Å². The van der Waals surface area contributed by atoms with E-state index in [4.69, 9.17) is 4.74 Å². The Labute approximate surface area is 174 Å². The molecule has 5 nitrogen and oxygen atoms in total. The van der Waals surface area contributed by atoms with Crippen molar-refractivity contribution in [1.82, 2.24) is 10.2 Å². The Morgan fingerprint density at radius 3 is 2.41 bits per heavy atom. The lowest BCUT2D eigenvalue weighted by atomic mass is 10.1. The van der Waals surface area contributed by atoms with Gasteiger partial charge in [-0.15, -0.1) is 0 Å². The number of carbonyl (C=O) groups is 2. The summed E-state index contributed by atoms with van der Waals surface area (Å²) in [7, 11) is 0. The smallest absolute Gasteiger partial charge is 0.329 e. The zero-order valence-corrected chi connectivity index (χ0v) is 17.4. The summed E-state index contributed by atoms with van der Waals surface area (Å²) in [5.41, 5.74) is 1.86. The largest absolute Gasteiger partial charge is 0.487 e. The van der Waals surface area contributed by atoms with Crippen LogP contribution in [0.2, 0.25) is 0 Å². The van der Waals surface area contributed by atoms with Crippen LogP contribution < -0.4 is 10.1 Å². The van der Waals surface area contributed by atoms with Gasteiger partial charge in [-0.05, 0) is 61.2 Å². The number of ether oxygens (including phenoxy) is 1. The topological polar surface area (TPSA) is 58.6 Å². The van der Waals surface area contributed by atoms with Crippen molar-refractivity contribution in [2.24, 2.45) is 0 Å². The molecule has 0 saturated carbocycles. The van der Waals surface area contributed by atoms with E-state index in [-0.39, 0.29) is 18.1 Å². The van der Waals surface area contributed by atoms with Crippen molar-refractivity contribution in [2.75, 3.05) is 6.61 Å². The van der Waals surface area contributed by atoms with Gasteiger partial charge in [0.2, 0.25) is 0 Å². The summed E-state index contributed by atoms with van der Waals surface area (Å²) in [6.07, 6.45) is 3.29. The number of nitrogens with one attached hydrogen (secondary N) is 1. The van der Waals surface area contributed by atoms with E-state index >= 15 is 0 Å². The molecule has 138 valence electrons. The molecule has 2 aromatic rings. The first-order chi connectivity index (χ1) is 13.0. The molecule has 0 aromatic heterocycles. The Kier molecular flexibility index (Phi) is 6.13. The van der Waals surface area contributed by atoms with Crippen LogP contribution in [0, 0.1) is 0 Å². The van der Waals surface area contributed by atoms with Crippen LogP contribution in [-0.2, 0) is 11.3 Å². The lowest BCUT2D eigenvalue weighted by Gasteiger charge is -2.11. The maximum Gasteiger partial charge on any atom is 0.329 e. The maximum absolute atomic E-state index is 12.6. The van der Waals surface area contributed by atoms with Crippen molar-refractivity contribution in [2.45, 2.75) is 6.54 Å². The van der Waals surface area contributed by atoms with Crippen LogP contribution in [0.1, 0.15) is 11.1 Å². The molecule has 0 atom stereocenters. The first kappa shape index (κ1) is 19.4. The van der Waals surface area contributed by atoms with Crippen LogP contribution >= 0.6 is 31.9 Å². The first-order valence-corrected chi connectivity index (χ1v) is 9.69. The van der Waals surface area contributed by atoms with E-state index in [9.17, 15) is 9.59 Å². The molecule has 3 rings (SSSR count). The lowest BCUT2D eigenvalue weighted by molar-refractivity contribution is -0.123. The highest BCUT2D eigenvalue weighted by atomic mass is 79.9. The van der Waals surface area contributed by atoms with Gasteiger partial charge in [-0.3, -0.25) is 9.69 Å². The number of nitrogens with zero attached hydrogens (tertiary/aromatic N) is 1. The molecule has 1 fully saturated rings. The van der Waals surface area contributed by atoms with Gasteiger partial charge in [0.1, 0.15) is 18.1 Å². The van der Waals surface area contributed by atoms with Gasteiger partial charge >= 0.3 is 6.03 Å². The molecule has 0 spiro atoms. The van der Waals surface area contributed by atoms with E-state index in [1.54, 1.807) is 12.2 Å². The molecule has 1 saturated heterocycles. The fourth-order valence-electron chi connectivity index (χ4n) is 2.59. The second kappa shape index (κ2) is 8.54. The number of halogens is 2. The molecule has 0 unspecified atom stereocenters. The highest BCUT2D eigenvalue weighted by Crippen LogP contribution is 2.35. The van der Waals surface area contributed by atoms with Gasteiger partial charge in [0.15, 0.2) is 0 Å². The monoisotopic (exact) mass is 490 g/mol. The SMILES string of the molecule is C=CCOc1c(Br)cc(/C=C2\NC(=O)N(Cc3ccccc3)C2=O)cc1Br. The summed E-state index contributed by atoms with van der Waals surface area (Å²) in [5.74, 6) is 0.285. The van der Waals surface area contributed by atoms with E-state index < -0.39 is 6.03 Å². The minimum atomic E-state index is -0.431. The van der Waals surface area contributed by atoms with Crippen LogP contribution in [0.3, 0.4) is 0 Å². The van der Waals surface area contributed by atoms with Gasteiger partial charge in [-0.1, -0.05) is 43.0 Å². The molecular formula is C20H16Br2N2O3. The maximum atomic E-state index is 12.6. The minimum Gasteiger partial charge on any atom is -0.487 e. The highest BCUT2D eigenvalue weighted by molar-refractivity contribution is 9.11. The lowest BCUT2D eigenvalue weighted by Crippen LogP contribution is -2.30. The van der Waals surface area contributed by atoms with Crippen LogP contribution in [0.4, 0.5) is 4.79 Å². The van der Waals surface area contributed by atoms with E-state index in [1.165, 1.54) is 4.90 Å². The number of hydrogen-bond donors (Lipinski definition) is 1. The fraction of sp³-hybridized carbons (Fsp3) is 0.100.